The second-order valence-corrected chi connectivity index (χ2v) is 3.65. The minimum atomic E-state index is -4.81. The van der Waals surface area contributed by atoms with Crippen molar-refractivity contribution in [3.63, 3.8) is 0 Å². The van der Waals surface area contributed by atoms with Gasteiger partial charge in [0.25, 0.3) is 0 Å². The van der Waals surface area contributed by atoms with Crippen LogP contribution in [0.3, 0.4) is 0 Å². The molecule has 0 bridgehead atoms. The molecule has 0 spiro atoms. The number of aromatic carboxylic acids is 1. The lowest BCUT2D eigenvalue weighted by molar-refractivity contribution is -0.138. The average molecular weight is 294 g/mol. The van der Waals surface area contributed by atoms with E-state index >= 15 is 0 Å². The van der Waals surface area contributed by atoms with Gasteiger partial charge in [-0.1, -0.05) is 0 Å². The number of hydrogen-bond acceptors (Lipinski definition) is 2. The molecule has 0 saturated heterocycles. The highest BCUT2D eigenvalue weighted by atomic mass is 79.9. The van der Waals surface area contributed by atoms with Gasteiger partial charge in [0.2, 0.25) is 0 Å². The van der Waals surface area contributed by atoms with Crippen LogP contribution in [0.2, 0.25) is 0 Å². The summed E-state index contributed by atoms with van der Waals surface area (Å²) in [7, 11) is 0. The molecule has 3 nitrogen and oxygen atoms in total. The number of nitriles is 1. The number of halogens is 4. The van der Waals surface area contributed by atoms with Crippen LogP contribution in [0, 0.1) is 11.3 Å². The van der Waals surface area contributed by atoms with Crippen molar-refractivity contribution < 1.29 is 23.1 Å². The molecule has 0 unspecified atom stereocenters. The third-order valence-electron chi connectivity index (χ3n) is 1.76. The van der Waals surface area contributed by atoms with Gasteiger partial charge in [0.15, 0.2) is 0 Å². The summed E-state index contributed by atoms with van der Waals surface area (Å²) in [5, 5.41) is 17.2. The topological polar surface area (TPSA) is 61.1 Å². The number of rotatable bonds is 1. The van der Waals surface area contributed by atoms with E-state index in [1.165, 1.54) is 6.07 Å². The van der Waals surface area contributed by atoms with Crippen molar-refractivity contribution in [2.45, 2.75) is 6.18 Å². The molecule has 16 heavy (non-hydrogen) atoms. The summed E-state index contributed by atoms with van der Waals surface area (Å²) in [6.07, 6.45) is -4.81. The number of hydrogen-bond donors (Lipinski definition) is 1. The molecule has 0 aliphatic heterocycles. The van der Waals surface area contributed by atoms with Gasteiger partial charge < -0.3 is 5.11 Å². The largest absolute Gasteiger partial charge is 0.478 e. The van der Waals surface area contributed by atoms with Crippen LogP contribution in [0.4, 0.5) is 13.2 Å². The standard InChI is InChI=1S/C9H3BrF3NO2/c10-7-2-5(8(15)16)6(9(11,12)13)1-4(7)3-14/h1-2H,(H,15,16). The summed E-state index contributed by atoms with van der Waals surface area (Å²) >= 11 is 2.82. The Labute approximate surface area is 96.2 Å². The molecule has 7 heteroatoms. The van der Waals surface area contributed by atoms with Crippen molar-refractivity contribution >= 4 is 21.9 Å². The van der Waals surface area contributed by atoms with Gasteiger partial charge in [-0.3, -0.25) is 0 Å². The molecule has 1 aromatic rings. The first kappa shape index (κ1) is 12.5. The molecule has 1 N–H and O–H groups in total. The molecule has 0 aliphatic rings. The fourth-order valence-electron chi connectivity index (χ4n) is 1.07. The minimum Gasteiger partial charge on any atom is -0.478 e. The summed E-state index contributed by atoms with van der Waals surface area (Å²) in [6, 6.07) is 2.81. The van der Waals surface area contributed by atoms with Crippen LogP contribution in [0.5, 0.6) is 0 Å². The molecule has 0 aliphatic carbocycles. The Morgan fingerprint density at radius 3 is 2.38 bits per heavy atom. The lowest BCUT2D eigenvalue weighted by atomic mass is 10.0. The first-order valence-corrected chi connectivity index (χ1v) is 4.60. The monoisotopic (exact) mass is 293 g/mol. The molecular formula is C9H3BrF3NO2. The van der Waals surface area contributed by atoms with Crippen LogP contribution in [0.1, 0.15) is 21.5 Å². The SMILES string of the molecule is N#Cc1cc(C(F)(F)F)c(C(=O)O)cc1Br. The molecule has 1 aromatic carbocycles. The summed E-state index contributed by atoms with van der Waals surface area (Å²) in [5.41, 5.74) is -2.49. The molecule has 0 fully saturated rings. The zero-order valence-electron chi connectivity index (χ0n) is 7.47. The van der Waals surface area contributed by atoms with E-state index in [1.807, 2.05) is 0 Å². The predicted molar refractivity (Wildman–Crippen MR) is 50.8 cm³/mol. The van der Waals surface area contributed by atoms with Crippen molar-refractivity contribution in [3.8, 4) is 6.07 Å². The Bertz CT molecular complexity index is 491. The van der Waals surface area contributed by atoms with Crippen molar-refractivity contribution in [2.75, 3.05) is 0 Å². The summed E-state index contributed by atoms with van der Waals surface area (Å²) in [6.45, 7) is 0. The Balaban J connectivity index is 3.57. The van der Waals surface area contributed by atoms with E-state index in [-0.39, 0.29) is 10.0 Å². The minimum absolute atomic E-state index is 0.0143. The fourth-order valence-corrected chi connectivity index (χ4v) is 1.50. The van der Waals surface area contributed by atoms with Crippen molar-refractivity contribution in [3.05, 3.63) is 33.3 Å². The van der Waals surface area contributed by atoms with E-state index < -0.39 is 23.3 Å². The van der Waals surface area contributed by atoms with Crippen LogP contribution in [0.15, 0.2) is 16.6 Å². The highest BCUT2D eigenvalue weighted by Gasteiger charge is 2.36. The molecule has 0 atom stereocenters. The molecule has 84 valence electrons. The van der Waals surface area contributed by atoms with Crippen LogP contribution in [-0.2, 0) is 6.18 Å². The fraction of sp³-hybridized carbons (Fsp3) is 0.111. The lowest BCUT2D eigenvalue weighted by Gasteiger charge is -2.11. The zero-order valence-corrected chi connectivity index (χ0v) is 9.06. The van der Waals surface area contributed by atoms with E-state index in [0.717, 1.165) is 6.07 Å². The highest BCUT2D eigenvalue weighted by molar-refractivity contribution is 9.10. The normalized spacial score (nSPS) is 10.9. The maximum atomic E-state index is 12.5. The number of carbonyl (C=O) groups is 1. The molecule has 0 heterocycles. The van der Waals surface area contributed by atoms with Gasteiger partial charge in [-0.05, 0) is 28.1 Å². The summed E-state index contributed by atoms with van der Waals surface area (Å²) in [5.74, 6) is -1.70. The molecule has 0 radical (unpaired) electrons. The molecule has 0 saturated carbocycles. The molecule has 0 aromatic heterocycles. The maximum Gasteiger partial charge on any atom is 0.417 e. The van der Waals surface area contributed by atoms with Gasteiger partial charge in [-0.25, -0.2) is 4.79 Å². The van der Waals surface area contributed by atoms with Crippen LogP contribution < -0.4 is 0 Å². The van der Waals surface area contributed by atoms with Crippen LogP contribution in [0.25, 0.3) is 0 Å². The number of carboxylic acid groups (broad SMARTS) is 1. The van der Waals surface area contributed by atoms with Gasteiger partial charge in [0.05, 0.1) is 16.7 Å². The molecule has 1 rings (SSSR count). The summed E-state index contributed by atoms with van der Waals surface area (Å²) in [4.78, 5) is 10.6. The Hall–Kier alpha value is -1.55. The van der Waals surface area contributed by atoms with E-state index in [9.17, 15) is 18.0 Å². The van der Waals surface area contributed by atoms with Gasteiger partial charge >= 0.3 is 12.1 Å². The van der Waals surface area contributed by atoms with Crippen LogP contribution in [-0.4, -0.2) is 11.1 Å². The van der Waals surface area contributed by atoms with Crippen molar-refractivity contribution in [2.24, 2.45) is 0 Å². The van der Waals surface area contributed by atoms with E-state index in [2.05, 4.69) is 15.9 Å². The van der Waals surface area contributed by atoms with E-state index in [0.29, 0.717) is 6.07 Å². The second-order valence-electron chi connectivity index (χ2n) is 2.79. The van der Waals surface area contributed by atoms with Crippen LogP contribution >= 0.6 is 15.9 Å². The highest BCUT2D eigenvalue weighted by Crippen LogP contribution is 2.34. The quantitative estimate of drug-likeness (QED) is 0.866. The second kappa shape index (κ2) is 4.14. The third-order valence-corrected chi connectivity index (χ3v) is 2.42. The third kappa shape index (κ3) is 2.33. The Kier molecular flexibility index (Phi) is 3.24. The van der Waals surface area contributed by atoms with Gasteiger partial charge in [-0.15, -0.1) is 0 Å². The number of alkyl halides is 3. The van der Waals surface area contributed by atoms with E-state index in [4.69, 9.17) is 10.4 Å². The Morgan fingerprint density at radius 1 is 1.44 bits per heavy atom. The Morgan fingerprint density at radius 2 is 2.00 bits per heavy atom. The lowest BCUT2D eigenvalue weighted by Crippen LogP contribution is -2.13. The van der Waals surface area contributed by atoms with Gasteiger partial charge in [0.1, 0.15) is 6.07 Å². The zero-order chi connectivity index (χ0) is 12.5. The number of carboxylic acids is 1. The first-order chi connectivity index (χ1) is 7.27. The van der Waals surface area contributed by atoms with Gasteiger partial charge in [0, 0.05) is 4.47 Å². The average Bonchev–Trinajstić information content (AvgIpc) is 2.15. The number of nitrogens with zero attached hydrogens (tertiary/aromatic N) is 1. The predicted octanol–water partition coefficient (Wildman–Crippen LogP) is 3.04. The van der Waals surface area contributed by atoms with Gasteiger partial charge in [-0.2, -0.15) is 18.4 Å². The maximum absolute atomic E-state index is 12.5. The summed E-state index contributed by atoms with van der Waals surface area (Å²) < 4.78 is 37.4. The first-order valence-electron chi connectivity index (χ1n) is 3.81. The number of benzene rings is 1. The molecule has 0 amide bonds. The molecular weight excluding hydrogens is 291 g/mol. The van der Waals surface area contributed by atoms with E-state index in [1.54, 1.807) is 0 Å². The van der Waals surface area contributed by atoms with Crippen molar-refractivity contribution in [1.29, 1.82) is 5.26 Å². The smallest absolute Gasteiger partial charge is 0.417 e. The van der Waals surface area contributed by atoms with Crippen molar-refractivity contribution in [1.82, 2.24) is 0 Å².